The first-order valence-corrected chi connectivity index (χ1v) is 7.70. The number of halogens is 3. The van der Waals surface area contributed by atoms with E-state index in [4.69, 9.17) is 45.3 Å². The molecule has 2 aromatic carbocycles. The van der Waals surface area contributed by atoms with Crippen LogP contribution in [0.5, 0.6) is 5.75 Å². The molecule has 2 rings (SSSR count). The van der Waals surface area contributed by atoms with Crippen LogP contribution in [0.25, 0.3) is 0 Å². The lowest BCUT2D eigenvalue weighted by Gasteiger charge is -2.15. The number of benzene rings is 2. The Balaban J connectivity index is 2.22. The zero-order valence-electron chi connectivity index (χ0n) is 11.6. The summed E-state index contributed by atoms with van der Waals surface area (Å²) in [4.78, 5) is 0. The highest BCUT2D eigenvalue weighted by Crippen LogP contribution is 2.33. The van der Waals surface area contributed by atoms with Crippen LogP contribution in [-0.2, 0) is 13.0 Å². The fourth-order valence-corrected chi connectivity index (χ4v) is 2.86. The number of rotatable bonds is 5. The van der Waals surface area contributed by atoms with Gasteiger partial charge in [-0.2, -0.15) is 0 Å². The van der Waals surface area contributed by atoms with Gasteiger partial charge in [-0.25, -0.2) is 0 Å². The molecular formula is C16H16Cl3NO. The summed E-state index contributed by atoms with van der Waals surface area (Å²) >= 11 is 18.2. The highest BCUT2D eigenvalue weighted by molar-refractivity contribution is 6.35. The lowest BCUT2D eigenvalue weighted by atomic mass is 10.1. The van der Waals surface area contributed by atoms with Crippen molar-refractivity contribution in [3.05, 3.63) is 62.6 Å². The molecule has 112 valence electrons. The van der Waals surface area contributed by atoms with Crippen LogP contribution >= 0.6 is 34.8 Å². The van der Waals surface area contributed by atoms with E-state index in [2.05, 4.69) is 0 Å². The number of hydrogen-bond donors (Lipinski definition) is 1. The standard InChI is InChI=1S/C16H16Cl3NO/c1-10(20)5-12-7-14(18)8-15(19)16(12)21-9-11-3-2-4-13(17)6-11/h2-4,6-8,10H,5,9,20H2,1H3. The number of nitrogens with two attached hydrogens (primary N) is 1. The molecule has 2 aromatic rings. The largest absolute Gasteiger partial charge is 0.487 e. The highest BCUT2D eigenvalue weighted by atomic mass is 35.5. The summed E-state index contributed by atoms with van der Waals surface area (Å²) in [6.07, 6.45) is 0.644. The van der Waals surface area contributed by atoms with Crippen molar-refractivity contribution in [1.82, 2.24) is 0 Å². The van der Waals surface area contributed by atoms with E-state index in [1.807, 2.05) is 37.3 Å². The van der Waals surface area contributed by atoms with Gasteiger partial charge in [0.05, 0.1) is 5.02 Å². The van der Waals surface area contributed by atoms with Gasteiger partial charge in [0, 0.05) is 16.1 Å². The minimum atomic E-state index is -0.00643. The van der Waals surface area contributed by atoms with Crippen LogP contribution in [0.1, 0.15) is 18.1 Å². The van der Waals surface area contributed by atoms with Crippen LogP contribution in [-0.4, -0.2) is 6.04 Å². The van der Waals surface area contributed by atoms with Crippen LogP contribution in [0, 0.1) is 0 Å². The molecule has 0 aliphatic rings. The lowest BCUT2D eigenvalue weighted by Crippen LogP contribution is -2.18. The van der Waals surface area contributed by atoms with Gasteiger partial charge in [0.2, 0.25) is 0 Å². The Morgan fingerprint density at radius 2 is 1.86 bits per heavy atom. The Labute approximate surface area is 139 Å². The topological polar surface area (TPSA) is 35.2 Å². The monoisotopic (exact) mass is 343 g/mol. The molecule has 21 heavy (non-hydrogen) atoms. The predicted molar refractivity (Wildman–Crippen MR) is 89.6 cm³/mol. The van der Waals surface area contributed by atoms with Gasteiger partial charge in [-0.3, -0.25) is 0 Å². The van der Waals surface area contributed by atoms with Gasteiger partial charge in [0.1, 0.15) is 12.4 Å². The minimum Gasteiger partial charge on any atom is -0.487 e. The summed E-state index contributed by atoms with van der Waals surface area (Å²) in [6.45, 7) is 2.31. The van der Waals surface area contributed by atoms with Gasteiger partial charge in [-0.1, -0.05) is 46.9 Å². The summed E-state index contributed by atoms with van der Waals surface area (Å²) in [5, 5.41) is 1.74. The molecule has 0 bridgehead atoms. The molecule has 0 heterocycles. The molecule has 0 radical (unpaired) electrons. The Morgan fingerprint density at radius 3 is 2.52 bits per heavy atom. The molecule has 0 fully saturated rings. The second kappa shape index (κ2) is 7.37. The smallest absolute Gasteiger partial charge is 0.141 e. The van der Waals surface area contributed by atoms with E-state index in [0.29, 0.717) is 33.8 Å². The third-order valence-corrected chi connectivity index (χ3v) is 3.63. The van der Waals surface area contributed by atoms with Crippen LogP contribution in [0.4, 0.5) is 0 Å². The quantitative estimate of drug-likeness (QED) is 0.817. The second-order valence-electron chi connectivity index (χ2n) is 4.98. The summed E-state index contributed by atoms with van der Waals surface area (Å²) in [5.74, 6) is 0.623. The van der Waals surface area contributed by atoms with Crippen molar-refractivity contribution in [2.75, 3.05) is 0 Å². The molecule has 0 amide bonds. The van der Waals surface area contributed by atoms with E-state index < -0.39 is 0 Å². The summed E-state index contributed by atoms with van der Waals surface area (Å²) in [5.41, 5.74) is 7.74. The highest BCUT2D eigenvalue weighted by Gasteiger charge is 2.12. The molecule has 0 aliphatic carbocycles. The fraction of sp³-hybridized carbons (Fsp3) is 0.250. The van der Waals surface area contributed by atoms with Crippen molar-refractivity contribution in [2.24, 2.45) is 5.73 Å². The van der Waals surface area contributed by atoms with E-state index in [1.54, 1.807) is 6.07 Å². The first-order chi connectivity index (χ1) is 9.95. The second-order valence-corrected chi connectivity index (χ2v) is 6.26. The van der Waals surface area contributed by atoms with Crippen molar-refractivity contribution >= 4 is 34.8 Å². The van der Waals surface area contributed by atoms with E-state index in [1.165, 1.54) is 0 Å². The van der Waals surface area contributed by atoms with Gasteiger partial charge in [-0.05, 0) is 48.7 Å². The average molecular weight is 345 g/mol. The van der Waals surface area contributed by atoms with Gasteiger partial charge >= 0.3 is 0 Å². The van der Waals surface area contributed by atoms with Crippen molar-refractivity contribution in [3.63, 3.8) is 0 Å². The lowest BCUT2D eigenvalue weighted by molar-refractivity contribution is 0.302. The van der Waals surface area contributed by atoms with E-state index >= 15 is 0 Å². The summed E-state index contributed by atoms with van der Waals surface area (Å²) in [6, 6.07) is 11.0. The van der Waals surface area contributed by atoms with Crippen molar-refractivity contribution < 1.29 is 4.74 Å². The summed E-state index contributed by atoms with van der Waals surface area (Å²) < 4.78 is 5.86. The third kappa shape index (κ3) is 4.79. The van der Waals surface area contributed by atoms with Crippen LogP contribution < -0.4 is 10.5 Å². The Morgan fingerprint density at radius 1 is 1.10 bits per heavy atom. The molecule has 5 heteroatoms. The Bertz CT molecular complexity index is 629. The Kier molecular flexibility index (Phi) is 5.77. The maximum absolute atomic E-state index is 6.24. The van der Waals surface area contributed by atoms with Crippen molar-refractivity contribution in [3.8, 4) is 5.75 Å². The molecule has 0 spiro atoms. The molecule has 2 N–H and O–H groups in total. The van der Waals surface area contributed by atoms with Crippen LogP contribution in [0.3, 0.4) is 0 Å². The molecular weight excluding hydrogens is 329 g/mol. The van der Waals surface area contributed by atoms with Gasteiger partial charge in [-0.15, -0.1) is 0 Å². The number of hydrogen-bond acceptors (Lipinski definition) is 2. The third-order valence-electron chi connectivity index (χ3n) is 2.90. The zero-order valence-corrected chi connectivity index (χ0v) is 13.8. The molecule has 2 nitrogen and oxygen atoms in total. The van der Waals surface area contributed by atoms with Crippen LogP contribution in [0.2, 0.25) is 15.1 Å². The zero-order chi connectivity index (χ0) is 15.4. The predicted octanol–water partition coefficient (Wildman–Crippen LogP) is 5.12. The van der Waals surface area contributed by atoms with Crippen LogP contribution in [0.15, 0.2) is 36.4 Å². The average Bonchev–Trinajstić information content (AvgIpc) is 2.36. The maximum atomic E-state index is 6.24. The maximum Gasteiger partial charge on any atom is 0.141 e. The van der Waals surface area contributed by atoms with E-state index in [9.17, 15) is 0 Å². The normalized spacial score (nSPS) is 12.2. The molecule has 0 aliphatic heterocycles. The fourth-order valence-electron chi connectivity index (χ4n) is 2.06. The van der Waals surface area contributed by atoms with Gasteiger partial charge < -0.3 is 10.5 Å². The molecule has 1 unspecified atom stereocenters. The Hall–Kier alpha value is -0.930. The first-order valence-electron chi connectivity index (χ1n) is 6.56. The molecule has 0 saturated heterocycles. The molecule has 0 aromatic heterocycles. The van der Waals surface area contributed by atoms with Crippen molar-refractivity contribution in [1.29, 1.82) is 0 Å². The van der Waals surface area contributed by atoms with E-state index in [-0.39, 0.29) is 6.04 Å². The first kappa shape index (κ1) is 16.4. The van der Waals surface area contributed by atoms with Crippen molar-refractivity contribution in [2.45, 2.75) is 26.0 Å². The van der Waals surface area contributed by atoms with Gasteiger partial charge in [0.25, 0.3) is 0 Å². The minimum absolute atomic E-state index is 0.00643. The molecule has 1 atom stereocenters. The number of ether oxygens (including phenoxy) is 1. The van der Waals surface area contributed by atoms with Gasteiger partial charge in [0.15, 0.2) is 0 Å². The SMILES string of the molecule is CC(N)Cc1cc(Cl)cc(Cl)c1OCc1cccc(Cl)c1. The van der Waals surface area contributed by atoms with E-state index in [0.717, 1.165) is 11.1 Å². The molecule has 0 saturated carbocycles. The summed E-state index contributed by atoms with van der Waals surface area (Å²) in [7, 11) is 0.